The van der Waals surface area contributed by atoms with E-state index in [1.165, 1.54) is 7.11 Å². The predicted molar refractivity (Wildman–Crippen MR) is 107 cm³/mol. The van der Waals surface area contributed by atoms with Crippen LogP contribution in [0, 0.1) is 11.8 Å². The van der Waals surface area contributed by atoms with Gasteiger partial charge in [0.2, 0.25) is 5.91 Å². The van der Waals surface area contributed by atoms with Crippen LogP contribution in [-0.2, 0) is 9.59 Å². The summed E-state index contributed by atoms with van der Waals surface area (Å²) in [5.74, 6) is -5.02. The maximum absolute atomic E-state index is 13.1. The fourth-order valence-corrected chi connectivity index (χ4v) is 6.52. The molecule has 0 aliphatic heterocycles. The second kappa shape index (κ2) is 6.75. The lowest BCUT2D eigenvalue weighted by Gasteiger charge is -2.33. The zero-order valence-electron chi connectivity index (χ0n) is 13.4. The van der Waals surface area contributed by atoms with Crippen molar-refractivity contribution in [2.75, 3.05) is 12.4 Å². The van der Waals surface area contributed by atoms with E-state index in [0.717, 1.165) is 0 Å². The van der Waals surface area contributed by atoms with Crippen LogP contribution < -0.4 is 10.1 Å². The molecule has 0 spiro atoms. The molecule has 1 saturated carbocycles. The Balaban J connectivity index is 2.12. The Morgan fingerprint density at radius 1 is 1.04 bits per heavy atom. The van der Waals surface area contributed by atoms with E-state index in [2.05, 4.69) is 5.32 Å². The number of para-hydroxylation sites is 2. The first kappa shape index (κ1) is 21.2. The number of hydrogen-bond donors (Lipinski definition) is 2. The second-order valence-corrected chi connectivity index (χ2v) is 9.38. The topological polar surface area (TPSA) is 75.6 Å². The zero-order valence-corrected chi connectivity index (χ0v) is 17.9. The summed E-state index contributed by atoms with van der Waals surface area (Å²) in [5.41, 5.74) is 0.293. The molecule has 0 radical (unpaired) electrons. The number of carboxylic acid groups (broad SMARTS) is 1. The predicted octanol–water partition coefficient (Wildman–Crippen LogP) is 4.80. The number of rotatable bonds is 4. The number of ether oxygens (including phenoxy) is 1. The van der Waals surface area contributed by atoms with Gasteiger partial charge in [-0.05, 0) is 12.1 Å². The van der Waals surface area contributed by atoms with Gasteiger partial charge in [-0.15, -0.1) is 23.2 Å². The van der Waals surface area contributed by atoms with Crippen molar-refractivity contribution >= 4 is 87.2 Å². The molecule has 0 unspecified atom stereocenters. The molecule has 0 aromatic heterocycles. The SMILES string of the molecule is COc1ccccc1NC(=O)[C@@H]1[C@H](C(=O)O)[C@]2(Cl)C(Cl)=C(Cl)[C@]1(Cl)C2(Cl)Cl. The molecule has 4 atom stereocenters. The summed E-state index contributed by atoms with van der Waals surface area (Å²) in [5, 5.41) is 11.8. The maximum Gasteiger partial charge on any atom is 0.309 e. The number of hydrogen-bond acceptors (Lipinski definition) is 3. The van der Waals surface area contributed by atoms with Crippen LogP contribution >= 0.6 is 69.6 Å². The Kier molecular flexibility index (Phi) is 5.29. The average molecular weight is 494 g/mol. The molecule has 1 fully saturated rings. The lowest BCUT2D eigenvalue weighted by molar-refractivity contribution is -0.146. The van der Waals surface area contributed by atoms with Crippen molar-refractivity contribution in [3.63, 3.8) is 0 Å². The van der Waals surface area contributed by atoms with Crippen molar-refractivity contribution in [1.29, 1.82) is 0 Å². The molecular formula is C16H11Cl6NO4. The molecule has 27 heavy (non-hydrogen) atoms. The number of alkyl halides is 4. The van der Waals surface area contributed by atoms with Gasteiger partial charge in [0.1, 0.15) is 15.5 Å². The van der Waals surface area contributed by atoms with E-state index in [4.69, 9.17) is 74.3 Å². The van der Waals surface area contributed by atoms with E-state index in [1.54, 1.807) is 24.3 Å². The molecule has 1 aromatic carbocycles. The Hall–Kier alpha value is -0.560. The number of carboxylic acids is 1. The maximum atomic E-state index is 13.1. The highest BCUT2D eigenvalue weighted by Gasteiger charge is 2.85. The molecular weight excluding hydrogens is 483 g/mol. The Morgan fingerprint density at radius 2 is 1.56 bits per heavy atom. The van der Waals surface area contributed by atoms with Gasteiger partial charge in [-0.1, -0.05) is 58.5 Å². The van der Waals surface area contributed by atoms with Crippen molar-refractivity contribution in [2.45, 2.75) is 14.1 Å². The van der Waals surface area contributed by atoms with Crippen molar-refractivity contribution in [3.05, 3.63) is 34.3 Å². The number of fused-ring (bicyclic) bond motifs is 2. The van der Waals surface area contributed by atoms with Crippen LogP contribution in [0.15, 0.2) is 34.3 Å². The van der Waals surface area contributed by atoms with Crippen LogP contribution in [-0.4, -0.2) is 38.2 Å². The van der Waals surface area contributed by atoms with Gasteiger partial charge >= 0.3 is 5.97 Å². The molecule has 5 nitrogen and oxygen atoms in total. The average Bonchev–Trinajstić information content (AvgIpc) is 2.82. The fraction of sp³-hybridized carbons (Fsp3) is 0.375. The van der Waals surface area contributed by atoms with Crippen molar-refractivity contribution in [2.24, 2.45) is 11.8 Å². The minimum Gasteiger partial charge on any atom is -0.495 e. The van der Waals surface area contributed by atoms with Gasteiger partial charge in [0.15, 0.2) is 4.33 Å². The normalized spacial score (nSPS) is 33.9. The third-order valence-corrected chi connectivity index (χ3v) is 9.11. The van der Waals surface area contributed by atoms with Gasteiger partial charge in [-0.25, -0.2) is 0 Å². The highest BCUT2D eigenvalue weighted by atomic mass is 35.5. The number of carbonyl (C=O) groups excluding carboxylic acids is 1. The fourth-order valence-electron chi connectivity index (χ4n) is 3.59. The van der Waals surface area contributed by atoms with Crippen molar-refractivity contribution in [1.82, 2.24) is 0 Å². The summed E-state index contributed by atoms with van der Waals surface area (Å²) in [6.07, 6.45) is 0. The minimum absolute atomic E-state index is 0.261. The lowest BCUT2D eigenvalue weighted by atomic mass is 9.81. The number of benzene rings is 1. The molecule has 2 N–H and O–H groups in total. The van der Waals surface area contributed by atoms with Crippen LogP contribution in [0.4, 0.5) is 5.69 Å². The molecule has 3 rings (SSSR count). The monoisotopic (exact) mass is 491 g/mol. The first-order valence-electron chi connectivity index (χ1n) is 7.44. The van der Waals surface area contributed by atoms with Crippen LogP contribution in [0.3, 0.4) is 0 Å². The number of halogens is 6. The Morgan fingerprint density at radius 3 is 2.07 bits per heavy atom. The van der Waals surface area contributed by atoms with E-state index in [9.17, 15) is 14.7 Å². The van der Waals surface area contributed by atoms with Crippen molar-refractivity contribution < 1.29 is 19.4 Å². The zero-order chi connectivity index (χ0) is 20.4. The van der Waals surface area contributed by atoms with Gasteiger partial charge < -0.3 is 15.2 Å². The van der Waals surface area contributed by atoms with E-state index < -0.39 is 37.8 Å². The third-order valence-electron chi connectivity index (χ3n) is 4.85. The number of methoxy groups -OCH3 is 1. The lowest BCUT2D eigenvalue weighted by Crippen LogP contribution is -2.47. The number of carbonyl (C=O) groups is 2. The number of amides is 1. The number of allylic oxidation sites excluding steroid dienone is 2. The Bertz CT molecular complexity index is 874. The molecule has 146 valence electrons. The molecule has 11 heteroatoms. The van der Waals surface area contributed by atoms with Gasteiger partial charge in [-0.2, -0.15) is 0 Å². The molecule has 1 amide bonds. The summed E-state index contributed by atoms with van der Waals surface area (Å²) in [6.45, 7) is 0. The van der Waals surface area contributed by atoms with Crippen LogP contribution in [0.25, 0.3) is 0 Å². The minimum atomic E-state index is -2.15. The Labute approximate surface area is 184 Å². The van der Waals surface area contributed by atoms with Gasteiger partial charge in [0.05, 0.1) is 34.7 Å². The summed E-state index contributed by atoms with van der Waals surface area (Å²) in [6, 6.07) is 6.53. The number of anilines is 1. The molecule has 0 heterocycles. The van der Waals surface area contributed by atoms with E-state index >= 15 is 0 Å². The standard InChI is InChI=1S/C16H11Cl6NO4/c1-27-7-5-3-2-4-6(7)23-12(24)8-9(13(25)26)15(20)11(18)10(17)14(8,19)16(15,21)22/h2-5,8-9H,1H3,(H,23,24)(H,25,26)/t8-,9+,14-,15-/m0/s1. The molecule has 2 aliphatic rings. The highest BCUT2D eigenvalue weighted by Crippen LogP contribution is 2.76. The van der Waals surface area contributed by atoms with E-state index in [1.807, 2.05) is 0 Å². The molecule has 2 bridgehead atoms. The number of aliphatic carboxylic acids is 1. The summed E-state index contributed by atoms with van der Waals surface area (Å²) in [4.78, 5) is 20.9. The summed E-state index contributed by atoms with van der Waals surface area (Å²) < 4.78 is 3.02. The quantitative estimate of drug-likeness (QED) is 0.591. The second-order valence-electron chi connectivity index (χ2n) is 6.11. The van der Waals surface area contributed by atoms with Crippen LogP contribution in [0.1, 0.15) is 0 Å². The van der Waals surface area contributed by atoms with Crippen molar-refractivity contribution in [3.8, 4) is 5.75 Å². The molecule has 2 aliphatic carbocycles. The largest absolute Gasteiger partial charge is 0.495 e. The van der Waals surface area contributed by atoms with Crippen LogP contribution in [0.5, 0.6) is 5.75 Å². The first-order valence-corrected chi connectivity index (χ1v) is 9.71. The third kappa shape index (κ3) is 2.52. The smallest absolute Gasteiger partial charge is 0.309 e. The van der Waals surface area contributed by atoms with Gasteiger partial charge in [-0.3, -0.25) is 9.59 Å². The van der Waals surface area contributed by atoms with Crippen LogP contribution in [0.2, 0.25) is 0 Å². The molecule has 1 aromatic rings. The highest BCUT2D eigenvalue weighted by molar-refractivity contribution is 6.66. The van der Waals surface area contributed by atoms with E-state index in [0.29, 0.717) is 11.4 Å². The first-order chi connectivity index (χ1) is 12.5. The molecule has 0 saturated heterocycles. The van der Waals surface area contributed by atoms with Gasteiger partial charge in [0, 0.05) is 0 Å². The summed E-state index contributed by atoms with van der Waals surface area (Å²) >= 11 is 38.1. The van der Waals surface area contributed by atoms with Gasteiger partial charge in [0.25, 0.3) is 0 Å². The van der Waals surface area contributed by atoms with E-state index in [-0.39, 0.29) is 10.1 Å². The summed E-state index contributed by atoms with van der Waals surface area (Å²) in [7, 11) is 1.42. The number of nitrogens with one attached hydrogen (secondary N) is 1.